The van der Waals surface area contributed by atoms with Crippen LogP contribution in [0, 0.1) is 12.8 Å². The maximum Gasteiger partial charge on any atom is 0.273 e. The van der Waals surface area contributed by atoms with Gasteiger partial charge in [-0.1, -0.05) is 18.9 Å². The number of amides is 1. The smallest absolute Gasteiger partial charge is 0.273 e. The fourth-order valence-electron chi connectivity index (χ4n) is 4.50. The van der Waals surface area contributed by atoms with Crippen molar-refractivity contribution < 1.29 is 4.79 Å². The lowest BCUT2D eigenvalue weighted by Gasteiger charge is -2.24. The summed E-state index contributed by atoms with van der Waals surface area (Å²) >= 11 is 1.67. The highest BCUT2D eigenvalue weighted by atomic mass is 32.1. The van der Waals surface area contributed by atoms with Crippen molar-refractivity contribution in [2.24, 2.45) is 13.0 Å². The average molecular weight is 415 g/mol. The molecule has 3 N–H and O–H groups in total. The van der Waals surface area contributed by atoms with E-state index in [0.717, 1.165) is 12.8 Å². The van der Waals surface area contributed by atoms with E-state index < -0.39 is 0 Å². The number of nitrogens with zero attached hydrogens (tertiary/aromatic N) is 1. The number of hydrogen-bond acceptors (Lipinski definition) is 4. The monoisotopic (exact) mass is 414 g/mol. The molecule has 1 amide bonds. The Balaban J connectivity index is 1.51. The van der Waals surface area contributed by atoms with Crippen LogP contribution in [0.3, 0.4) is 0 Å². The summed E-state index contributed by atoms with van der Waals surface area (Å²) in [4.78, 5) is 41.4. The minimum absolute atomic E-state index is 0.0452. The van der Waals surface area contributed by atoms with Crippen LogP contribution in [0.1, 0.15) is 54.1 Å². The van der Waals surface area contributed by atoms with Gasteiger partial charge in [-0.2, -0.15) is 0 Å². The Morgan fingerprint density at radius 3 is 2.76 bits per heavy atom. The number of aryl methyl sites for hydroxylation is 2. The molecule has 0 saturated heterocycles. The van der Waals surface area contributed by atoms with Crippen molar-refractivity contribution in [3.63, 3.8) is 0 Å². The zero-order valence-corrected chi connectivity index (χ0v) is 17.5. The summed E-state index contributed by atoms with van der Waals surface area (Å²) in [5.41, 5.74) is 1.13. The molecule has 0 unspecified atom stereocenters. The van der Waals surface area contributed by atoms with E-state index in [9.17, 15) is 14.4 Å². The number of carbonyl (C=O) groups excluding carboxylic acids is 1. The molecule has 154 valence electrons. The molecule has 0 aliphatic heterocycles. The molecule has 8 heteroatoms. The number of hydrogen-bond donors (Lipinski definition) is 3. The molecule has 7 nitrogen and oxygen atoms in total. The number of H-pyrrole nitrogens is 2. The van der Waals surface area contributed by atoms with Gasteiger partial charge in [0, 0.05) is 23.9 Å². The van der Waals surface area contributed by atoms with Crippen molar-refractivity contribution in [1.29, 1.82) is 0 Å². The molecule has 1 saturated carbocycles. The second-order valence-corrected chi connectivity index (χ2v) is 8.87. The van der Waals surface area contributed by atoms with E-state index in [1.807, 2.05) is 11.4 Å². The van der Waals surface area contributed by atoms with Gasteiger partial charge in [0.1, 0.15) is 5.65 Å². The number of thiophene rings is 1. The Hall–Kier alpha value is -2.61. The number of pyridine rings is 1. The Morgan fingerprint density at radius 1 is 1.31 bits per heavy atom. The largest absolute Gasteiger partial charge is 0.348 e. The lowest BCUT2D eigenvalue weighted by Crippen LogP contribution is -2.32. The van der Waals surface area contributed by atoms with Crippen LogP contribution in [0.25, 0.3) is 11.0 Å². The van der Waals surface area contributed by atoms with E-state index in [1.165, 1.54) is 22.4 Å². The molecule has 1 aliphatic carbocycles. The van der Waals surface area contributed by atoms with Crippen LogP contribution in [-0.4, -0.2) is 20.7 Å². The molecule has 1 fully saturated rings. The van der Waals surface area contributed by atoms with Gasteiger partial charge in [0.2, 0.25) is 5.91 Å². The summed E-state index contributed by atoms with van der Waals surface area (Å²) in [6.45, 7) is 1.77. The highest BCUT2D eigenvalue weighted by molar-refractivity contribution is 7.10. The third kappa shape index (κ3) is 3.81. The minimum Gasteiger partial charge on any atom is -0.348 e. The number of fused-ring (bicyclic) bond motifs is 1. The predicted molar refractivity (Wildman–Crippen MR) is 114 cm³/mol. The minimum atomic E-state index is -0.247. The van der Waals surface area contributed by atoms with Gasteiger partial charge in [-0.15, -0.1) is 11.3 Å². The maximum atomic E-state index is 12.7. The van der Waals surface area contributed by atoms with Crippen molar-refractivity contribution in [2.75, 3.05) is 0 Å². The molecule has 3 aromatic rings. The van der Waals surface area contributed by atoms with Crippen LogP contribution in [-0.2, 0) is 18.3 Å². The summed E-state index contributed by atoms with van der Waals surface area (Å²) < 4.78 is 1.51. The molecular formula is C21H26N4O3S. The molecule has 0 bridgehead atoms. The van der Waals surface area contributed by atoms with Gasteiger partial charge >= 0.3 is 0 Å². The molecule has 3 aromatic heterocycles. The number of rotatable bonds is 6. The SMILES string of the molecule is Cc1c(CCC(=O)N[C@@H](c2cccs2)C2CCCC2)c(=O)[nH]c2c1c(=O)[nH]n2C. The van der Waals surface area contributed by atoms with Gasteiger partial charge in [-0.25, -0.2) is 0 Å². The molecule has 0 spiro atoms. The van der Waals surface area contributed by atoms with E-state index in [4.69, 9.17) is 0 Å². The quantitative estimate of drug-likeness (QED) is 0.578. The standard InChI is InChI=1S/C21H26N4O3S/c1-12-14(20(27)23-19-17(12)21(28)24-25(19)2)9-10-16(26)22-18(13-6-3-4-7-13)15-8-5-11-29-15/h5,8,11,13,18H,3-4,6-7,9-10H2,1-2H3,(H,22,26)(H,23,27)(H,24,28)/t18-/m1/s1. The molecule has 29 heavy (non-hydrogen) atoms. The Kier molecular flexibility index (Phi) is 5.45. The van der Waals surface area contributed by atoms with Crippen LogP contribution in [0.4, 0.5) is 0 Å². The Labute approximate surface area is 172 Å². The molecular weight excluding hydrogens is 388 g/mol. The summed E-state index contributed by atoms with van der Waals surface area (Å²) in [6.07, 6.45) is 5.21. The van der Waals surface area contributed by atoms with Crippen LogP contribution < -0.4 is 16.4 Å². The Bertz CT molecular complexity index is 1130. The molecule has 0 radical (unpaired) electrons. The molecule has 3 heterocycles. The summed E-state index contributed by atoms with van der Waals surface area (Å²) in [6, 6.07) is 4.14. The van der Waals surface area contributed by atoms with Crippen LogP contribution in [0.15, 0.2) is 27.1 Å². The second kappa shape index (κ2) is 8.02. The van der Waals surface area contributed by atoms with Crippen LogP contribution in [0.2, 0.25) is 0 Å². The van der Waals surface area contributed by atoms with E-state index in [-0.39, 0.29) is 29.5 Å². The third-order valence-corrected chi connectivity index (χ3v) is 7.00. The average Bonchev–Trinajstić information content (AvgIpc) is 3.42. The first kappa shape index (κ1) is 19.7. The van der Waals surface area contributed by atoms with Gasteiger partial charge in [0.15, 0.2) is 0 Å². The van der Waals surface area contributed by atoms with Crippen molar-refractivity contribution in [2.45, 2.75) is 51.5 Å². The topological polar surface area (TPSA) is 99.8 Å². The maximum absolute atomic E-state index is 12.7. The highest BCUT2D eigenvalue weighted by Gasteiger charge is 2.28. The zero-order valence-electron chi connectivity index (χ0n) is 16.7. The first-order valence-electron chi connectivity index (χ1n) is 10.1. The summed E-state index contributed by atoms with van der Waals surface area (Å²) in [5.74, 6) is 0.415. The first-order chi connectivity index (χ1) is 14.0. The summed E-state index contributed by atoms with van der Waals surface area (Å²) in [7, 11) is 1.68. The van der Waals surface area contributed by atoms with E-state index in [1.54, 1.807) is 25.3 Å². The number of aromatic nitrogens is 3. The molecule has 1 atom stereocenters. The zero-order chi connectivity index (χ0) is 20.5. The van der Waals surface area contributed by atoms with E-state index in [0.29, 0.717) is 34.5 Å². The fourth-order valence-corrected chi connectivity index (χ4v) is 5.37. The fraction of sp³-hybridized carbons (Fsp3) is 0.476. The number of nitrogens with one attached hydrogen (secondary N) is 3. The Morgan fingerprint density at radius 2 is 2.07 bits per heavy atom. The van der Waals surface area contributed by atoms with Crippen molar-refractivity contribution in [3.05, 3.63) is 54.2 Å². The lowest BCUT2D eigenvalue weighted by molar-refractivity contribution is -0.122. The first-order valence-corrected chi connectivity index (χ1v) is 11.0. The van der Waals surface area contributed by atoms with E-state index in [2.05, 4.69) is 21.5 Å². The molecule has 1 aliphatic rings. The van der Waals surface area contributed by atoms with Crippen molar-refractivity contribution in [3.8, 4) is 0 Å². The summed E-state index contributed by atoms with van der Waals surface area (Å²) in [5, 5.41) is 8.39. The van der Waals surface area contributed by atoms with Gasteiger partial charge in [0.05, 0.1) is 11.4 Å². The van der Waals surface area contributed by atoms with Gasteiger partial charge in [0.25, 0.3) is 11.1 Å². The van der Waals surface area contributed by atoms with Crippen molar-refractivity contribution in [1.82, 2.24) is 20.1 Å². The normalized spacial score (nSPS) is 15.8. The highest BCUT2D eigenvalue weighted by Crippen LogP contribution is 2.37. The van der Waals surface area contributed by atoms with Gasteiger partial charge in [-0.05, 0) is 49.1 Å². The molecule has 4 rings (SSSR count). The van der Waals surface area contributed by atoms with Gasteiger partial charge in [-0.3, -0.25) is 24.2 Å². The predicted octanol–water partition coefficient (Wildman–Crippen LogP) is 2.91. The van der Waals surface area contributed by atoms with Crippen molar-refractivity contribution >= 4 is 28.3 Å². The van der Waals surface area contributed by atoms with Gasteiger partial charge < -0.3 is 10.3 Å². The molecule has 0 aromatic carbocycles. The van der Waals surface area contributed by atoms with E-state index >= 15 is 0 Å². The van der Waals surface area contributed by atoms with Crippen LogP contribution in [0.5, 0.6) is 0 Å². The van der Waals surface area contributed by atoms with Crippen LogP contribution >= 0.6 is 11.3 Å². The third-order valence-electron chi connectivity index (χ3n) is 6.04. The second-order valence-electron chi connectivity index (χ2n) is 7.89. The number of carbonyl (C=O) groups is 1. The lowest BCUT2D eigenvalue weighted by atomic mass is 9.96. The number of aromatic amines is 2.